The van der Waals surface area contributed by atoms with Crippen LogP contribution in [0.5, 0.6) is 5.75 Å². The average molecular weight is 385 g/mol. The van der Waals surface area contributed by atoms with Gasteiger partial charge in [-0.1, -0.05) is 30.3 Å². The highest BCUT2D eigenvalue weighted by Crippen LogP contribution is 2.30. The van der Waals surface area contributed by atoms with Crippen molar-refractivity contribution in [2.45, 2.75) is 30.9 Å². The topological polar surface area (TPSA) is 55.8 Å². The molecule has 0 unspecified atom stereocenters. The molecule has 1 aliphatic heterocycles. The van der Waals surface area contributed by atoms with Crippen LogP contribution in [0.4, 0.5) is 0 Å². The van der Waals surface area contributed by atoms with Crippen molar-refractivity contribution in [2.24, 2.45) is 0 Å². The molecule has 5 nitrogen and oxygen atoms in total. The number of carbonyl (C=O) groups excluding carboxylic acids is 2. The van der Waals surface area contributed by atoms with Crippen LogP contribution in [0.15, 0.2) is 53.4 Å². The maximum atomic E-state index is 12.6. The van der Waals surface area contributed by atoms with Gasteiger partial charge < -0.3 is 14.4 Å². The van der Waals surface area contributed by atoms with Crippen molar-refractivity contribution < 1.29 is 19.1 Å². The van der Waals surface area contributed by atoms with E-state index in [1.165, 1.54) is 4.90 Å². The third-order valence-electron chi connectivity index (χ3n) is 4.39. The Labute approximate surface area is 163 Å². The number of hydrogen-bond donors (Lipinski definition) is 0. The molecule has 0 bridgehead atoms. The molecule has 0 fully saturated rings. The van der Waals surface area contributed by atoms with Gasteiger partial charge in [0.05, 0.1) is 13.5 Å². The van der Waals surface area contributed by atoms with E-state index >= 15 is 0 Å². The summed E-state index contributed by atoms with van der Waals surface area (Å²) in [7, 11) is 1.63. The average Bonchev–Trinajstić information content (AvgIpc) is 2.93. The van der Waals surface area contributed by atoms with E-state index in [-0.39, 0.29) is 31.3 Å². The Morgan fingerprint density at radius 2 is 1.93 bits per heavy atom. The fourth-order valence-corrected chi connectivity index (χ4v) is 3.89. The molecule has 27 heavy (non-hydrogen) atoms. The van der Waals surface area contributed by atoms with Crippen molar-refractivity contribution in [3.05, 3.63) is 59.7 Å². The first kappa shape index (κ1) is 19.3. The molecule has 0 saturated carbocycles. The Morgan fingerprint density at radius 3 is 2.70 bits per heavy atom. The summed E-state index contributed by atoms with van der Waals surface area (Å²) < 4.78 is 10.5. The van der Waals surface area contributed by atoms with E-state index in [1.54, 1.807) is 18.9 Å². The van der Waals surface area contributed by atoms with Crippen molar-refractivity contribution in [3.63, 3.8) is 0 Å². The number of fused-ring (bicyclic) bond motifs is 1. The zero-order valence-electron chi connectivity index (χ0n) is 15.3. The number of nitrogens with zero attached hydrogens (tertiary/aromatic N) is 1. The lowest BCUT2D eigenvalue weighted by Crippen LogP contribution is -2.32. The highest BCUT2D eigenvalue weighted by molar-refractivity contribution is 7.99. The quantitative estimate of drug-likeness (QED) is 0.711. The van der Waals surface area contributed by atoms with Gasteiger partial charge in [-0.3, -0.25) is 9.59 Å². The molecule has 0 N–H and O–H groups in total. The van der Waals surface area contributed by atoms with Gasteiger partial charge in [-0.25, -0.2) is 0 Å². The third-order valence-corrected chi connectivity index (χ3v) is 5.48. The predicted octanol–water partition coefficient (Wildman–Crippen LogP) is 3.65. The molecule has 1 heterocycles. The summed E-state index contributed by atoms with van der Waals surface area (Å²) >= 11 is 1.74. The van der Waals surface area contributed by atoms with E-state index in [9.17, 15) is 9.59 Å². The van der Waals surface area contributed by atoms with Gasteiger partial charge >= 0.3 is 5.97 Å². The molecule has 0 atom stereocenters. The van der Waals surface area contributed by atoms with Gasteiger partial charge in [-0.05, 0) is 29.3 Å². The summed E-state index contributed by atoms with van der Waals surface area (Å²) in [5, 5.41) is 0. The van der Waals surface area contributed by atoms with E-state index < -0.39 is 0 Å². The number of carbonyl (C=O) groups is 2. The van der Waals surface area contributed by atoms with Crippen molar-refractivity contribution in [1.29, 1.82) is 0 Å². The first-order chi connectivity index (χ1) is 13.2. The minimum atomic E-state index is -0.349. The lowest BCUT2D eigenvalue weighted by Gasteiger charge is -2.20. The van der Waals surface area contributed by atoms with E-state index in [0.29, 0.717) is 13.1 Å². The van der Waals surface area contributed by atoms with Crippen molar-refractivity contribution in [2.75, 3.05) is 19.4 Å². The second kappa shape index (κ2) is 9.46. The number of thioether (sulfide) groups is 1. The highest BCUT2D eigenvalue weighted by Gasteiger charge is 2.20. The Kier molecular flexibility index (Phi) is 6.76. The second-order valence-electron chi connectivity index (χ2n) is 6.28. The predicted molar refractivity (Wildman–Crippen MR) is 105 cm³/mol. The molecule has 1 aliphatic rings. The van der Waals surface area contributed by atoms with Gasteiger partial charge in [-0.15, -0.1) is 11.8 Å². The zero-order valence-corrected chi connectivity index (χ0v) is 16.2. The fourth-order valence-electron chi connectivity index (χ4n) is 2.89. The molecular formula is C21H23NO4S. The Hall–Kier alpha value is -2.47. The molecule has 0 aromatic heterocycles. The molecule has 0 radical (unpaired) electrons. The Bertz CT molecular complexity index is 794. The van der Waals surface area contributed by atoms with Crippen LogP contribution < -0.4 is 4.74 Å². The van der Waals surface area contributed by atoms with Crippen molar-refractivity contribution in [3.8, 4) is 5.75 Å². The summed E-state index contributed by atoms with van der Waals surface area (Å²) in [6.45, 7) is 1.44. The molecule has 2 aromatic rings. The molecular weight excluding hydrogens is 362 g/mol. The first-order valence-corrected chi connectivity index (χ1v) is 9.91. The number of esters is 1. The number of benzene rings is 2. The summed E-state index contributed by atoms with van der Waals surface area (Å²) in [5.41, 5.74) is 2.02. The van der Waals surface area contributed by atoms with Crippen molar-refractivity contribution >= 4 is 23.6 Å². The maximum absolute atomic E-state index is 12.6. The van der Waals surface area contributed by atoms with Crippen LogP contribution in [0.2, 0.25) is 0 Å². The fraction of sp³-hybridized carbons (Fsp3) is 0.333. The van der Waals surface area contributed by atoms with Crippen molar-refractivity contribution in [1.82, 2.24) is 4.90 Å². The second-order valence-corrected chi connectivity index (χ2v) is 7.42. The molecule has 0 spiro atoms. The van der Waals surface area contributed by atoms with Gasteiger partial charge in [0.2, 0.25) is 5.91 Å². The molecule has 3 rings (SSSR count). The third kappa shape index (κ3) is 5.50. The standard InChI is InChI=1S/C21H23NO4S/c1-25-18-7-8-19-17(13-18)14-22(11-12-27-19)20(23)9-10-21(24)26-15-16-5-3-2-4-6-16/h2-8,13H,9-12,14-15H2,1H3. The first-order valence-electron chi connectivity index (χ1n) is 8.93. The minimum Gasteiger partial charge on any atom is -0.497 e. The van der Waals surface area contributed by atoms with Gasteiger partial charge in [0.15, 0.2) is 0 Å². The van der Waals surface area contributed by atoms with Gasteiger partial charge in [0.25, 0.3) is 0 Å². The normalized spacial score (nSPS) is 13.4. The van der Waals surface area contributed by atoms with Gasteiger partial charge in [0, 0.05) is 30.2 Å². The number of amides is 1. The van der Waals surface area contributed by atoms with Crippen LogP contribution in [0.3, 0.4) is 0 Å². The summed E-state index contributed by atoms with van der Waals surface area (Å²) in [5.74, 6) is 1.25. The molecule has 2 aromatic carbocycles. The Balaban J connectivity index is 1.50. The lowest BCUT2D eigenvalue weighted by molar-refractivity contribution is -0.147. The van der Waals surface area contributed by atoms with Crippen LogP contribution >= 0.6 is 11.8 Å². The summed E-state index contributed by atoms with van der Waals surface area (Å²) in [4.78, 5) is 27.5. The van der Waals surface area contributed by atoms with Crippen LogP contribution in [0.1, 0.15) is 24.0 Å². The number of hydrogen-bond acceptors (Lipinski definition) is 5. The molecule has 0 saturated heterocycles. The number of ether oxygens (including phenoxy) is 2. The van der Waals surface area contributed by atoms with E-state index in [2.05, 4.69) is 0 Å². The van der Waals surface area contributed by atoms with E-state index in [4.69, 9.17) is 9.47 Å². The number of rotatable bonds is 6. The SMILES string of the molecule is COc1ccc2c(c1)CN(C(=O)CCC(=O)OCc1ccccc1)CCS2. The smallest absolute Gasteiger partial charge is 0.306 e. The van der Waals surface area contributed by atoms with Crippen LogP contribution in [-0.2, 0) is 27.5 Å². The molecule has 1 amide bonds. The van der Waals surface area contributed by atoms with Crippen LogP contribution in [-0.4, -0.2) is 36.2 Å². The minimum absolute atomic E-state index is 0.0251. The molecule has 6 heteroatoms. The maximum Gasteiger partial charge on any atom is 0.306 e. The zero-order chi connectivity index (χ0) is 19.1. The highest BCUT2D eigenvalue weighted by atomic mass is 32.2. The summed E-state index contributed by atoms with van der Waals surface area (Å²) in [6, 6.07) is 15.5. The van der Waals surface area contributed by atoms with Crippen LogP contribution in [0, 0.1) is 0 Å². The van der Waals surface area contributed by atoms with E-state index in [1.807, 2.05) is 53.4 Å². The molecule has 142 valence electrons. The summed E-state index contributed by atoms with van der Waals surface area (Å²) in [6.07, 6.45) is 0.262. The molecule has 0 aliphatic carbocycles. The van der Waals surface area contributed by atoms with Gasteiger partial charge in [0.1, 0.15) is 12.4 Å². The lowest BCUT2D eigenvalue weighted by atomic mass is 10.2. The number of methoxy groups -OCH3 is 1. The van der Waals surface area contributed by atoms with E-state index in [0.717, 1.165) is 22.6 Å². The largest absolute Gasteiger partial charge is 0.497 e. The van der Waals surface area contributed by atoms with Gasteiger partial charge in [-0.2, -0.15) is 0 Å². The Morgan fingerprint density at radius 1 is 1.11 bits per heavy atom. The monoisotopic (exact) mass is 385 g/mol. The van der Waals surface area contributed by atoms with Crippen LogP contribution in [0.25, 0.3) is 0 Å².